The van der Waals surface area contributed by atoms with E-state index in [4.69, 9.17) is 11.6 Å². The molecule has 3 heteroatoms. The molecule has 0 fully saturated rings. The molecule has 76 valence electrons. The molecule has 2 nitrogen and oxygen atoms in total. The molecule has 0 spiro atoms. The zero-order chi connectivity index (χ0) is 10.3. The monoisotopic (exact) mass is 218 g/mol. The second-order valence-electron chi connectivity index (χ2n) is 3.78. The Morgan fingerprint density at radius 2 is 2.27 bits per heavy atom. The second-order valence-corrected chi connectivity index (χ2v) is 4.02. The smallest absolute Gasteiger partial charge is 0.0929 e. The van der Waals surface area contributed by atoms with E-state index in [-0.39, 0.29) is 0 Å². The van der Waals surface area contributed by atoms with Gasteiger partial charge >= 0.3 is 0 Å². The molecular weight excluding hydrogens is 208 g/mol. The van der Waals surface area contributed by atoms with Crippen molar-refractivity contribution >= 4 is 28.2 Å². The Bertz CT molecular complexity index is 510. The van der Waals surface area contributed by atoms with Crippen molar-refractivity contribution in [3.8, 4) is 0 Å². The number of hydrogen-bond acceptors (Lipinski definition) is 2. The summed E-state index contributed by atoms with van der Waals surface area (Å²) in [5, 5.41) is 1.22. The lowest BCUT2D eigenvalue weighted by molar-refractivity contribution is 0.936. The molecule has 0 aliphatic carbocycles. The van der Waals surface area contributed by atoms with Crippen molar-refractivity contribution in [2.24, 2.45) is 0 Å². The molecule has 0 amide bonds. The van der Waals surface area contributed by atoms with E-state index in [2.05, 4.69) is 28.1 Å². The van der Waals surface area contributed by atoms with Crippen LogP contribution in [0.3, 0.4) is 0 Å². The summed E-state index contributed by atoms with van der Waals surface area (Å²) in [6.45, 7) is 1.02. The zero-order valence-electron chi connectivity index (χ0n) is 8.28. The van der Waals surface area contributed by atoms with Crippen LogP contribution in [0.15, 0.2) is 30.5 Å². The number of nitrogens with zero attached hydrogens (tertiary/aromatic N) is 2. The number of halogens is 1. The van der Waals surface area contributed by atoms with Gasteiger partial charge in [0, 0.05) is 18.1 Å². The van der Waals surface area contributed by atoms with Crippen LogP contribution in [0.1, 0.15) is 5.56 Å². The molecular formula is C12H11ClN2. The van der Waals surface area contributed by atoms with Crippen LogP contribution in [-0.2, 0) is 6.42 Å². The molecule has 1 aromatic carbocycles. The van der Waals surface area contributed by atoms with Gasteiger partial charge in [0.1, 0.15) is 0 Å². The minimum Gasteiger partial charge on any atom is -0.357 e. The minimum absolute atomic E-state index is 0.557. The lowest BCUT2D eigenvalue weighted by Crippen LogP contribution is -2.17. The fourth-order valence-corrected chi connectivity index (χ4v) is 2.48. The molecule has 0 saturated heterocycles. The molecule has 0 unspecified atom stereocenters. The van der Waals surface area contributed by atoms with Gasteiger partial charge in [0.25, 0.3) is 0 Å². The van der Waals surface area contributed by atoms with Crippen molar-refractivity contribution < 1.29 is 0 Å². The Morgan fingerprint density at radius 3 is 3.13 bits per heavy atom. The van der Waals surface area contributed by atoms with Gasteiger partial charge in [0.15, 0.2) is 0 Å². The molecule has 2 aromatic rings. The van der Waals surface area contributed by atoms with Crippen molar-refractivity contribution in [1.29, 1.82) is 0 Å². The third-order valence-corrected chi connectivity index (χ3v) is 3.24. The Hall–Kier alpha value is -1.28. The first-order valence-corrected chi connectivity index (χ1v) is 5.61. The SMILES string of the molecule is ClCN1CCc2ccc3ncccc3c21. The Morgan fingerprint density at radius 1 is 1.33 bits per heavy atom. The molecule has 1 aliphatic rings. The van der Waals surface area contributed by atoms with Crippen molar-refractivity contribution in [1.82, 2.24) is 4.98 Å². The highest BCUT2D eigenvalue weighted by Gasteiger charge is 2.20. The van der Waals surface area contributed by atoms with Crippen LogP contribution in [0.2, 0.25) is 0 Å². The summed E-state index contributed by atoms with van der Waals surface area (Å²) in [7, 11) is 0. The highest BCUT2D eigenvalue weighted by Crippen LogP contribution is 2.34. The summed E-state index contributed by atoms with van der Waals surface area (Å²) in [4.78, 5) is 6.57. The van der Waals surface area contributed by atoms with Gasteiger partial charge in [0.2, 0.25) is 0 Å². The Labute approximate surface area is 93.5 Å². The number of pyridine rings is 1. The Balaban J connectivity index is 2.32. The highest BCUT2D eigenvalue weighted by molar-refractivity contribution is 6.19. The molecule has 1 aliphatic heterocycles. The van der Waals surface area contributed by atoms with Crippen molar-refractivity contribution in [3.05, 3.63) is 36.0 Å². The number of rotatable bonds is 1. The quantitative estimate of drug-likeness (QED) is 0.541. The number of aromatic nitrogens is 1. The van der Waals surface area contributed by atoms with Crippen LogP contribution in [0, 0.1) is 0 Å². The average molecular weight is 219 g/mol. The molecule has 0 N–H and O–H groups in total. The van der Waals surface area contributed by atoms with Crippen LogP contribution < -0.4 is 4.90 Å². The zero-order valence-corrected chi connectivity index (χ0v) is 9.04. The van der Waals surface area contributed by atoms with Crippen molar-refractivity contribution in [2.45, 2.75) is 6.42 Å². The van der Waals surface area contributed by atoms with Gasteiger partial charge in [-0.15, -0.1) is 11.6 Å². The number of alkyl halides is 1. The summed E-state index contributed by atoms with van der Waals surface area (Å²) in [6, 6.07) is 8.91. The van der Waals surface area contributed by atoms with E-state index in [1.54, 1.807) is 0 Å². The molecule has 1 aromatic heterocycles. The molecule has 0 bridgehead atoms. The van der Waals surface area contributed by atoms with Crippen LogP contribution in [0.25, 0.3) is 10.9 Å². The fraction of sp³-hybridized carbons (Fsp3) is 0.250. The minimum atomic E-state index is 0.557. The summed E-state index contributed by atoms with van der Waals surface area (Å²) < 4.78 is 0. The van der Waals surface area contributed by atoms with Gasteiger partial charge in [0.05, 0.1) is 17.2 Å². The van der Waals surface area contributed by atoms with Gasteiger partial charge < -0.3 is 4.90 Å². The normalized spacial score (nSPS) is 14.6. The number of benzene rings is 1. The maximum atomic E-state index is 5.94. The topological polar surface area (TPSA) is 16.1 Å². The van der Waals surface area contributed by atoms with Gasteiger partial charge in [-0.3, -0.25) is 4.98 Å². The first-order chi connectivity index (χ1) is 7.40. The lowest BCUT2D eigenvalue weighted by atomic mass is 10.1. The van der Waals surface area contributed by atoms with E-state index in [0.717, 1.165) is 18.5 Å². The van der Waals surface area contributed by atoms with E-state index >= 15 is 0 Å². The van der Waals surface area contributed by atoms with E-state index in [1.165, 1.54) is 16.6 Å². The third-order valence-electron chi connectivity index (χ3n) is 2.95. The summed E-state index contributed by atoms with van der Waals surface area (Å²) in [5.41, 5.74) is 3.71. The van der Waals surface area contributed by atoms with Gasteiger partial charge in [-0.25, -0.2) is 0 Å². The van der Waals surface area contributed by atoms with Crippen LogP contribution >= 0.6 is 11.6 Å². The van der Waals surface area contributed by atoms with Gasteiger partial charge in [-0.2, -0.15) is 0 Å². The molecule has 0 atom stereocenters. The molecule has 3 rings (SSSR count). The number of fused-ring (bicyclic) bond motifs is 3. The first-order valence-electron chi connectivity index (χ1n) is 5.07. The fourth-order valence-electron chi connectivity index (χ4n) is 2.24. The largest absolute Gasteiger partial charge is 0.357 e. The number of anilines is 1. The van der Waals surface area contributed by atoms with E-state index < -0.39 is 0 Å². The van der Waals surface area contributed by atoms with Gasteiger partial charge in [-0.05, 0) is 30.2 Å². The maximum absolute atomic E-state index is 5.94. The predicted molar refractivity (Wildman–Crippen MR) is 63.5 cm³/mol. The lowest BCUT2D eigenvalue weighted by Gasteiger charge is -2.16. The van der Waals surface area contributed by atoms with E-state index in [9.17, 15) is 0 Å². The summed E-state index contributed by atoms with van der Waals surface area (Å²) >= 11 is 5.94. The molecule has 0 saturated carbocycles. The average Bonchev–Trinajstić information content (AvgIpc) is 2.72. The maximum Gasteiger partial charge on any atom is 0.0929 e. The van der Waals surface area contributed by atoms with E-state index in [0.29, 0.717) is 6.00 Å². The van der Waals surface area contributed by atoms with Crippen LogP contribution in [0.5, 0.6) is 0 Å². The van der Waals surface area contributed by atoms with Crippen molar-refractivity contribution in [3.63, 3.8) is 0 Å². The van der Waals surface area contributed by atoms with E-state index in [1.807, 2.05) is 12.3 Å². The standard InChI is InChI=1S/C12H11ClN2/c13-8-15-7-5-9-3-4-11-10(12(9)15)2-1-6-14-11/h1-4,6H,5,7-8H2. The molecule has 15 heavy (non-hydrogen) atoms. The summed E-state index contributed by atoms with van der Waals surface area (Å²) in [6.07, 6.45) is 2.92. The van der Waals surface area contributed by atoms with Crippen LogP contribution in [0.4, 0.5) is 5.69 Å². The summed E-state index contributed by atoms with van der Waals surface area (Å²) in [5.74, 6) is 0. The first kappa shape index (κ1) is 8.98. The second kappa shape index (κ2) is 3.38. The Kier molecular flexibility index (Phi) is 2.03. The predicted octanol–water partition coefficient (Wildman–Crippen LogP) is 2.79. The highest BCUT2D eigenvalue weighted by atomic mass is 35.5. The van der Waals surface area contributed by atoms with Crippen LogP contribution in [-0.4, -0.2) is 17.5 Å². The van der Waals surface area contributed by atoms with Crippen molar-refractivity contribution in [2.75, 3.05) is 17.4 Å². The third kappa shape index (κ3) is 1.29. The molecule has 2 heterocycles. The molecule has 0 radical (unpaired) electrons. The van der Waals surface area contributed by atoms with Gasteiger partial charge in [-0.1, -0.05) is 6.07 Å². The number of hydrogen-bond donors (Lipinski definition) is 0.